The molecule has 0 bridgehead atoms. The van der Waals surface area contributed by atoms with E-state index in [1.165, 1.54) is 18.2 Å². The molecule has 0 saturated heterocycles. The van der Waals surface area contributed by atoms with Gasteiger partial charge in [-0.2, -0.15) is 0 Å². The van der Waals surface area contributed by atoms with Crippen LogP contribution in [0.25, 0.3) is 0 Å². The number of carboxylic acids is 1. The molecular weight excluding hydrogens is 587 g/mol. The van der Waals surface area contributed by atoms with Crippen molar-refractivity contribution in [2.24, 2.45) is 16.3 Å². The third kappa shape index (κ3) is 8.23. The molecule has 2 aliphatic rings. The fourth-order valence-electron chi connectivity index (χ4n) is 6.46. The molecule has 1 fully saturated rings. The number of unbranched alkanes of at least 4 members (excludes halogenated alkanes) is 1. The van der Waals surface area contributed by atoms with E-state index in [0.717, 1.165) is 31.2 Å². The number of carbonyl (C=O) groups is 3. The van der Waals surface area contributed by atoms with Crippen LogP contribution in [0.3, 0.4) is 0 Å². The van der Waals surface area contributed by atoms with Crippen LogP contribution in [0, 0.1) is 11.3 Å². The van der Waals surface area contributed by atoms with E-state index in [4.69, 9.17) is 10.1 Å². The van der Waals surface area contributed by atoms with Gasteiger partial charge in [0.05, 0.1) is 12.5 Å². The Hall–Kier alpha value is -3.89. The summed E-state index contributed by atoms with van der Waals surface area (Å²) in [6.45, 7) is 8.68. The number of rotatable bonds is 11. The predicted octanol–water partition coefficient (Wildman–Crippen LogP) is 7.29. The minimum absolute atomic E-state index is 0.00469. The highest BCUT2D eigenvalue weighted by Crippen LogP contribution is 2.50. The van der Waals surface area contributed by atoms with E-state index in [1.807, 2.05) is 17.0 Å². The zero-order valence-electron chi connectivity index (χ0n) is 26.2. The van der Waals surface area contributed by atoms with Crippen molar-refractivity contribution in [2.45, 2.75) is 97.1 Å². The summed E-state index contributed by atoms with van der Waals surface area (Å²) in [6.07, 6.45) is 0.203. The zero-order valence-corrected chi connectivity index (χ0v) is 26.2. The normalized spacial score (nSPS) is 21.0. The van der Waals surface area contributed by atoms with Crippen molar-refractivity contribution < 1.29 is 37.4 Å². The van der Waals surface area contributed by atoms with E-state index in [-0.39, 0.29) is 41.6 Å². The zero-order chi connectivity index (χ0) is 33.0. The van der Waals surface area contributed by atoms with Crippen molar-refractivity contribution in [1.29, 1.82) is 0 Å². The highest BCUT2D eigenvalue weighted by molar-refractivity contribution is 6.46. The lowest BCUT2D eigenvalue weighted by Gasteiger charge is -2.47. The average molecular weight is 630 g/mol. The number of ether oxygens (including phenoxy) is 1. The van der Waals surface area contributed by atoms with Gasteiger partial charge in [0.15, 0.2) is 0 Å². The van der Waals surface area contributed by atoms with Crippen LogP contribution in [-0.4, -0.2) is 52.1 Å². The Morgan fingerprint density at radius 3 is 2.36 bits per heavy atom. The number of hydrogen-bond acceptors (Lipinski definition) is 5. The minimum atomic E-state index is -4.87. The molecule has 4 rings (SSSR count). The van der Waals surface area contributed by atoms with Gasteiger partial charge in [0.25, 0.3) is 11.8 Å². The molecule has 2 aromatic carbocycles. The largest absolute Gasteiger partial charge is 0.573 e. The second-order valence-electron chi connectivity index (χ2n) is 13.0. The van der Waals surface area contributed by atoms with E-state index in [1.54, 1.807) is 18.2 Å². The quantitative estimate of drug-likeness (QED) is 0.272. The molecule has 11 heteroatoms. The van der Waals surface area contributed by atoms with Crippen LogP contribution in [0.15, 0.2) is 53.5 Å². The number of alkyl halides is 3. The van der Waals surface area contributed by atoms with Gasteiger partial charge in [-0.05, 0) is 73.3 Å². The molecule has 1 aliphatic carbocycles. The summed E-state index contributed by atoms with van der Waals surface area (Å²) < 4.78 is 43.2. The molecule has 1 heterocycles. The molecule has 1 spiro atoms. The second-order valence-corrected chi connectivity index (χ2v) is 13.0. The lowest BCUT2D eigenvalue weighted by molar-refractivity contribution is -0.274. The van der Waals surface area contributed by atoms with Gasteiger partial charge in [0.2, 0.25) is 0 Å². The Bertz CT molecular complexity index is 1410. The van der Waals surface area contributed by atoms with Crippen LogP contribution >= 0.6 is 0 Å². The molecule has 0 aromatic heterocycles. The van der Waals surface area contributed by atoms with Crippen molar-refractivity contribution in [3.8, 4) is 5.75 Å². The maximum Gasteiger partial charge on any atom is 0.573 e. The van der Waals surface area contributed by atoms with Gasteiger partial charge in [-0.25, -0.2) is 0 Å². The van der Waals surface area contributed by atoms with E-state index in [9.17, 15) is 27.6 Å². The fourth-order valence-corrected chi connectivity index (χ4v) is 6.46. The molecule has 244 valence electrons. The summed E-state index contributed by atoms with van der Waals surface area (Å²) in [5.74, 6) is -1.74. The van der Waals surface area contributed by atoms with Crippen molar-refractivity contribution in [3.05, 3.63) is 65.2 Å². The summed E-state index contributed by atoms with van der Waals surface area (Å²) in [5.41, 5.74) is 0.789. The number of hydrogen-bond donors (Lipinski definition) is 2. The molecule has 2 N–H and O–H groups in total. The fraction of sp³-hybridized carbons (Fsp3) is 0.529. The maximum atomic E-state index is 14.4. The summed E-state index contributed by atoms with van der Waals surface area (Å²) in [6, 6.07) is 12.0. The molecule has 1 atom stereocenters. The number of aliphatic carboxylic acids is 1. The smallest absolute Gasteiger partial charge is 0.481 e. The van der Waals surface area contributed by atoms with Gasteiger partial charge >= 0.3 is 12.3 Å². The molecule has 2 amide bonds. The average Bonchev–Trinajstić information content (AvgIpc) is 3.23. The van der Waals surface area contributed by atoms with E-state index >= 15 is 0 Å². The highest BCUT2D eigenvalue weighted by atomic mass is 19.4. The number of carbonyl (C=O) groups excluding carboxylic acids is 2. The molecule has 1 saturated carbocycles. The number of carboxylic acid groups (broad SMARTS) is 1. The SMILES string of the molecule is CCCCC(c1ccc(C(=O)NCCC(=O)O)cc1)N1C(=O)C(c2cccc(OC(F)(F)F)c2)=NC12CCC(C(C)(C)C)CC2. The lowest BCUT2D eigenvalue weighted by Crippen LogP contribution is -2.51. The van der Waals surface area contributed by atoms with Crippen molar-refractivity contribution in [3.63, 3.8) is 0 Å². The molecular formula is C34H42F3N3O5. The van der Waals surface area contributed by atoms with Crippen LogP contribution in [0.1, 0.15) is 107 Å². The first-order valence-electron chi connectivity index (χ1n) is 15.5. The standard InChI is InChI=1S/C34H42F3N3O5/c1-5-6-10-27(22-11-13-23(14-12-22)30(43)38-20-17-28(41)42)40-31(44)29(24-8-7-9-26(21-24)45-34(35,36)37)39-33(40)18-15-25(16-19-33)32(2,3)4/h7-9,11-14,21,25,27H,5-6,10,15-20H2,1-4H3,(H,38,43)(H,41,42). The third-order valence-corrected chi connectivity index (χ3v) is 8.87. The maximum absolute atomic E-state index is 14.4. The van der Waals surface area contributed by atoms with Crippen LogP contribution in [-0.2, 0) is 9.59 Å². The molecule has 45 heavy (non-hydrogen) atoms. The van der Waals surface area contributed by atoms with Gasteiger partial charge < -0.3 is 20.1 Å². The first-order chi connectivity index (χ1) is 21.1. The molecule has 1 aliphatic heterocycles. The lowest BCUT2D eigenvalue weighted by atomic mass is 9.69. The summed E-state index contributed by atoms with van der Waals surface area (Å²) in [5, 5.41) is 11.5. The first-order valence-corrected chi connectivity index (χ1v) is 15.5. The number of halogens is 3. The summed E-state index contributed by atoms with van der Waals surface area (Å²) in [7, 11) is 0. The van der Waals surface area contributed by atoms with Gasteiger partial charge in [0, 0.05) is 17.7 Å². The van der Waals surface area contributed by atoms with Crippen LogP contribution in [0.2, 0.25) is 0 Å². The number of nitrogens with zero attached hydrogens (tertiary/aromatic N) is 2. The highest BCUT2D eigenvalue weighted by Gasteiger charge is 2.52. The molecule has 1 unspecified atom stereocenters. The topological polar surface area (TPSA) is 108 Å². The summed E-state index contributed by atoms with van der Waals surface area (Å²) >= 11 is 0. The number of nitrogens with one attached hydrogen (secondary N) is 1. The Labute approximate surface area is 262 Å². The third-order valence-electron chi connectivity index (χ3n) is 8.87. The van der Waals surface area contributed by atoms with Crippen molar-refractivity contribution in [1.82, 2.24) is 10.2 Å². The number of aliphatic imine (C=N–C) groups is 1. The van der Waals surface area contributed by atoms with Gasteiger partial charge in [-0.15, -0.1) is 13.2 Å². The molecule has 8 nitrogen and oxygen atoms in total. The Kier molecular flexibility index (Phi) is 10.3. The Balaban J connectivity index is 1.71. The van der Waals surface area contributed by atoms with E-state index < -0.39 is 29.7 Å². The second kappa shape index (κ2) is 13.6. The van der Waals surface area contributed by atoms with Crippen LogP contribution < -0.4 is 10.1 Å². The van der Waals surface area contributed by atoms with E-state index in [0.29, 0.717) is 30.7 Å². The number of amides is 2. The predicted molar refractivity (Wildman–Crippen MR) is 164 cm³/mol. The number of benzene rings is 2. The first kappa shape index (κ1) is 34.0. The van der Waals surface area contributed by atoms with Crippen LogP contribution in [0.5, 0.6) is 5.75 Å². The Morgan fingerprint density at radius 1 is 1.11 bits per heavy atom. The van der Waals surface area contributed by atoms with Gasteiger partial charge in [-0.1, -0.05) is 64.8 Å². The minimum Gasteiger partial charge on any atom is -0.481 e. The van der Waals surface area contributed by atoms with Gasteiger partial charge in [0.1, 0.15) is 17.1 Å². The van der Waals surface area contributed by atoms with E-state index in [2.05, 4.69) is 37.7 Å². The van der Waals surface area contributed by atoms with Crippen LogP contribution in [0.4, 0.5) is 13.2 Å². The molecule has 2 aromatic rings. The Morgan fingerprint density at radius 2 is 1.78 bits per heavy atom. The van der Waals surface area contributed by atoms with Gasteiger partial charge in [-0.3, -0.25) is 19.4 Å². The molecule has 0 radical (unpaired) electrons. The van der Waals surface area contributed by atoms with Crippen molar-refractivity contribution in [2.75, 3.05) is 6.54 Å². The summed E-state index contributed by atoms with van der Waals surface area (Å²) in [4.78, 5) is 44.7. The monoisotopic (exact) mass is 629 g/mol. The van der Waals surface area contributed by atoms with Crippen molar-refractivity contribution >= 4 is 23.5 Å².